The zero-order valence-corrected chi connectivity index (χ0v) is 28.8. The van der Waals surface area contributed by atoms with Crippen molar-refractivity contribution in [2.75, 3.05) is 23.9 Å². The molecular weight excluding hydrogens is 665 g/mol. The molecular formula is C40H34N4O6S. The van der Waals surface area contributed by atoms with Crippen LogP contribution >= 0.6 is 11.3 Å². The average Bonchev–Trinajstić information content (AvgIpc) is 3.56. The second-order valence-corrected chi connectivity index (χ2v) is 13.3. The van der Waals surface area contributed by atoms with Crippen molar-refractivity contribution in [1.29, 1.82) is 0 Å². The minimum Gasteiger partial charge on any atom is -0.476 e. The van der Waals surface area contributed by atoms with E-state index in [1.165, 1.54) is 18.4 Å². The number of benzene rings is 4. The fourth-order valence-corrected chi connectivity index (χ4v) is 7.16. The fraction of sp³-hybridized carbons (Fsp3) is 0.175. The van der Waals surface area contributed by atoms with Crippen LogP contribution in [0.3, 0.4) is 0 Å². The summed E-state index contributed by atoms with van der Waals surface area (Å²) in [6.45, 7) is 2.93. The number of aromatic nitrogens is 2. The van der Waals surface area contributed by atoms with Gasteiger partial charge in [-0.2, -0.15) is 0 Å². The first kappa shape index (κ1) is 33.4. The van der Waals surface area contributed by atoms with E-state index in [1.54, 1.807) is 12.1 Å². The highest BCUT2D eigenvalue weighted by Crippen LogP contribution is 2.34. The maximum absolute atomic E-state index is 13.5. The highest BCUT2D eigenvalue weighted by Gasteiger charge is 2.25. The Hall–Kier alpha value is -6.07. The third-order valence-electron chi connectivity index (χ3n) is 8.93. The molecule has 0 radical (unpaired) electrons. The van der Waals surface area contributed by atoms with Gasteiger partial charge in [-0.25, -0.2) is 14.8 Å². The number of thiazole rings is 1. The molecule has 2 N–H and O–H groups in total. The smallest absolute Gasteiger partial charge is 0.355 e. The van der Waals surface area contributed by atoms with Gasteiger partial charge in [-0.1, -0.05) is 53.8 Å². The van der Waals surface area contributed by atoms with Crippen LogP contribution in [0.1, 0.15) is 49.5 Å². The Labute approximate surface area is 298 Å². The van der Waals surface area contributed by atoms with Crippen molar-refractivity contribution >= 4 is 50.3 Å². The second kappa shape index (κ2) is 14.4. The van der Waals surface area contributed by atoms with Gasteiger partial charge in [0.2, 0.25) is 0 Å². The lowest BCUT2D eigenvalue weighted by molar-refractivity contribution is -0.140. The van der Waals surface area contributed by atoms with Gasteiger partial charge in [-0.05, 0) is 102 Å². The molecule has 0 saturated heterocycles. The quantitative estimate of drug-likeness (QED) is 0.136. The Morgan fingerprint density at radius 1 is 0.902 bits per heavy atom. The van der Waals surface area contributed by atoms with E-state index in [1.807, 2.05) is 96.8 Å². The van der Waals surface area contributed by atoms with Gasteiger partial charge in [-0.15, -0.1) is 0 Å². The van der Waals surface area contributed by atoms with E-state index in [0.29, 0.717) is 65.9 Å². The molecule has 0 fully saturated rings. The van der Waals surface area contributed by atoms with Gasteiger partial charge in [-0.3, -0.25) is 14.9 Å². The monoisotopic (exact) mass is 698 g/mol. The topological polar surface area (TPSA) is 131 Å². The van der Waals surface area contributed by atoms with Crippen molar-refractivity contribution in [3.8, 4) is 22.6 Å². The van der Waals surface area contributed by atoms with Crippen LogP contribution in [0.4, 0.5) is 10.9 Å². The zero-order valence-electron chi connectivity index (χ0n) is 28.0. The molecule has 51 heavy (non-hydrogen) atoms. The number of aromatic carboxylic acids is 1. The van der Waals surface area contributed by atoms with Gasteiger partial charge in [0.05, 0.1) is 17.3 Å². The Morgan fingerprint density at radius 2 is 1.69 bits per heavy atom. The van der Waals surface area contributed by atoms with Crippen LogP contribution in [0.5, 0.6) is 11.5 Å². The standard InChI is InChI=1S/C40H34N4O6S/c1-24-22-28(50-27-13-10-25(11-14-27)12-19-36(45)49-2)15-16-29(24)30-17-18-35(42-37(30)39(47)48)44-21-20-26-6-5-7-31(32(26)23-44)38(46)43-40-41-33-8-3-4-9-34(33)51-40/h3-11,13-18,22H,12,19-21,23H2,1-2H3,(H,47,48)(H,41,43,46). The lowest BCUT2D eigenvalue weighted by Crippen LogP contribution is -2.33. The predicted octanol–water partition coefficient (Wildman–Crippen LogP) is 8.08. The molecule has 7 rings (SSSR count). The molecule has 11 heteroatoms. The number of anilines is 2. The number of hydrogen-bond donors (Lipinski definition) is 2. The van der Waals surface area contributed by atoms with E-state index >= 15 is 0 Å². The molecule has 256 valence electrons. The Balaban J connectivity index is 1.08. The lowest BCUT2D eigenvalue weighted by atomic mass is 9.94. The van der Waals surface area contributed by atoms with Gasteiger partial charge in [0.25, 0.3) is 5.91 Å². The summed E-state index contributed by atoms with van der Waals surface area (Å²) in [7, 11) is 1.38. The number of para-hydroxylation sites is 1. The molecule has 0 atom stereocenters. The summed E-state index contributed by atoms with van der Waals surface area (Å²) in [5.74, 6) is 0.147. The van der Waals surface area contributed by atoms with Crippen molar-refractivity contribution in [2.45, 2.75) is 32.7 Å². The number of nitrogens with zero attached hydrogens (tertiary/aromatic N) is 3. The van der Waals surface area contributed by atoms with Crippen LogP contribution in [0, 0.1) is 6.92 Å². The van der Waals surface area contributed by atoms with Crippen molar-refractivity contribution < 1.29 is 29.0 Å². The molecule has 10 nitrogen and oxygen atoms in total. The van der Waals surface area contributed by atoms with E-state index in [-0.39, 0.29) is 17.6 Å². The summed E-state index contributed by atoms with van der Waals surface area (Å²) in [6.07, 6.45) is 1.57. The van der Waals surface area contributed by atoms with E-state index < -0.39 is 5.97 Å². The number of aryl methyl sites for hydroxylation is 2. The number of ether oxygens (including phenoxy) is 2. The van der Waals surface area contributed by atoms with Crippen LogP contribution in [0.15, 0.2) is 97.1 Å². The summed E-state index contributed by atoms with van der Waals surface area (Å²) in [5.41, 5.74) is 6.34. The number of carbonyl (C=O) groups is 3. The van der Waals surface area contributed by atoms with Crippen LogP contribution in [0.25, 0.3) is 21.3 Å². The molecule has 1 amide bonds. The van der Waals surface area contributed by atoms with Crippen LogP contribution in [0.2, 0.25) is 0 Å². The Morgan fingerprint density at radius 3 is 2.45 bits per heavy atom. The van der Waals surface area contributed by atoms with Gasteiger partial charge >= 0.3 is 11.9 Å². The van der Waals surface area contributed by atoms with Crippen LogP contribution < -0.4 is 15.0 Å². The largest absolute Gasteiger partial charge is 0.476 e. The second-order valence-electron chi connectivity index (χ2n) is 12.2. The molecule has 0 unspecified atom stereocenters. The molecule has 3 heterocycles. The van der Waals surface area contributed by atoms with Crippen LogP contribution in [-0.4, -0.2) is 46.6 Å². The predicted molar refractivity (Wildman–Crippen MR) is 197 cm³/mol. The first-order valence-electron chi connectivity index (χ1n) is 16.5. The van der Waals surface area contributed by atoms with E-state index in [2.05, 4.69) is 15.3 Å². The average molecular weight is 699 g/mol. The van der Waals surface area contributed by atoms with E-state index in [4.69, 9.17) is 9.47 Å². The fourth-order valence-electron chi connectivity index (χ4n) is 6.30. The van der Waals surface area contributed by atoms with E-state index in [0.717, 1.165) is 38.0 Å². The summed E-state index contributed by atoms with van der Waals surface area (Å²) in [5, 5.41) is 13.8. The number of carboxylic acid groups (broad SMARTS) is 1. The number of pyridine rings is 1. The number of rotatable bonds is 10. The molecule has 0 saturated carbocycles. The molecule has 2 aromatic heterocycles. The van der Waals surface area contributed by atoms with Crippen molar-refractivity contribution in [1.82, 2.24) is 9.97 Å². The number of hydrogen-bond acceptors (Lipinski definition) is 9. The number of nitrogens with one attached hydrogen (secondary N) is 1. The van der Waals surface area contributed by atoms with E-state index in [9.17, 15) is 19.5 Å². The first-order chi connectivity index (χ1) is 24.7. The number of amides is 1. The molecule has 4 aromatic carbocycles. The van der Waals surface area contributed by atoms with Crippen molar-refractivity contribution in [2.24, 2.45) is 0 Å². The van der Waals surface area contributed by atoms with Gasteiger partial charge in [0, 0.05) is 30.6 Å². The number of esters is 1. The minimum atomic E-state index is -1.13. The molecule has 0 spiro atoms. The Kier molecular flexibility index (Phi) is 9.45. The normalized spacial score (nSPS) is 12.3. The minimum absolute atomic E-state index is 0.0560. The molecule has 1 aliphatic rings. The van der Waals surface area contributed by atoms with Gasteiger partial charge in [0.15, 0.2) is 10.8 Å². The zero-order chi connectivity index (χ0) is 35.5. The third-order valence-corrected chi connectivity index (χ3v) is 9.88. The SMILES string of the molecule is COC(=O)CCc1ccc(Oc2ccc(-c3ccc(N4CCc5cccc(C(=O)Nc6nc7ccccc7s6)c5C4)nc3C(=O)O)c(C)c2)cc1. The summed E-state index contributed by atoms with van der Waals surface area (Å²) in [6, 6.07) is 30.1. The number of methoxy groups -OCH3 is 1. The number of carbonyl (C=O) groups excluding carboxylic acids is 2. The highest BCUT2D eigenvalue weighted by atomic mass is 32.1. The molecule has 6 aromatic rings. The maximum Gasteiger partial charge on any atom is 0.355 e. The summed E-state index contributed by atoms with van der Waals surface area (Å²) < 4.78 is 11.8. The summed E-state index contributed by atoms with van der Waals surface area (Å²) >= 11 is 1.43. The number of carboxylic acids is 1. The third kappa shape index (κ3) is 7.29. The highest BCUT2D eigenvalue weighted by molar-refractivity contribution is 7.22. The van der Waals surface area contributed by atoms with Gasteiger partial charge < -0.3 is 19.5 Å². The number of fused-ring (bicyclic) bond motifs is 2. The van der Waals surface area contributed by atoms with Crippen LogP contribution in [-0.2, 0) is 28.9 Å². The molecule has 0 aliphatic carbocycles. The maximum atomic E-state index is 13.5. The first-order valence-corrected chi connectivity index (χ1v) is 17.3. The molecule has 0 bridgehead atoms. The van der Waals surface area contributed by atoms with Gasteiger partial charge in [0.1, 0.15) is 17.3 Å². The Bertz CT molecular complexity index is 2250. The lowest BCUT2D eigenvalue weighted by Gasteiger charge is -2.31. The van der Waals surface area contributed by atoms with Crippen molar-refractivity contribution in [3.63, 3.8) is 0 Å². The molecule has 1 aliphatic heterocycles. The van der Waals surface area contributed by atoms with Crippen molar-refractivity contribution in [3.05, 3.63) is 131 Å². The summed E-state index contributed by atoms with van der Waals surface area (Å²) in [4.78, 5) is 48.7.